The van der Waals surface area contributed by atoms with Gasteiger partial charge in [0.2, 0.25) is 5.28 Å². The number of halogens is 3. The van der Waals surface area contributed by atoms with Crippen LogP contribution in [0.5, 0.6) is 0 Å². The second-order valence-electron chi connectivity index (χ2n) is 2.54. The van der Waals surface area contributed by atoms with Crippen LogP contribution in [-0.4, -0.2) is 14.8 Å². The zero-order valence-corrected chi connectivity index (χ0v) is 8.30. The van der Waals surface area contributed by atoms with Crippen molar-refractivity contribution < 1.29 is 4.39 Å². The van der Waals surface area contributed by atoms with Crippen molar-refractivity contribution in [2.24, 2.45) is 0 Å². The third-order valence-corrected chi connectivity index (χ3v) is 2.25. The van der Waals surface area contributed by atoms with E-state index in [4.69, 9.17) is 23.2 Å². The maximum Gasteiger partial charge on any atom is 0.229 e. The molecule has 1 aromatic carbocycles. The maximum absolute atomic E-state index is 13.5. The van der Waals surface area contributed by atoms with E-state index in [1.165, 1.54) is 23.0 Å². The van der Waals surface area contributed by atoms with Gasteiger partial charge in [-0.1, -0.05) is 17.7 Å². The molecule has 2 aromatic rings. The van der Waals surface area contributed by atoms with Gasteiger partial charge in [-0.15, -0.1) is 10.2 Å². The Morgan fingerprint density at radius 2 is 2.07 bits per heavy atom. The van der Waals surface area contributed by atoms with Crippen LogP contribution in [0.3, 0.4) is 0 Å². The molecule has 0 spiro atoms. The fraction of sp³-hybridized carbons (Fsp3) is 0. The van der Waals surface area contributed by atoms with Crippen LogP contribution in [-0.2, 0) is 0 Å². The summed E-state index contributed by atoms with van der Waals surface area (Å²) < 4.78 is 14.8. The van der Waals surface area contributed by atoms with E-state index in [9.17, 15) is 4.39 Å². The second-order valence-corrected chi connectivity index (χ2v) is 3.29. The van der Waals surface area contributed by atoms with E-state index >= 15 is 0 Å². The third kappa shape index (κ3) is 1.47. The Hall–Kier alpha value is -1.13. The van der Waals surface area contributed by atoms with Gasteiger partial charge in [-0.3, -0.25) is 4.57 Å². The first-order chi connectivity index (χ1) is 6.70. The summed E-state index contributed by atoms with van der Waals surface area (Å²) in [6.45, 7) is 0. The van der Waals surface area contributed by atoms with Gasteiger partial charge >= 0.3 is 0 Å². The van der Waals surface area contributed by atoms with Crippen molar-refractivity contribution >= 4 is 23.2 Å². The highest BCUT2D eigenvalue weighted by atomic mass is 35.5. The number of rotatable bonds is 1. The largest absolute Gasteiger partial charge is 0.269 e. The van der Waals surface area contributed by atoms with Gasteiger partial charge in [-0.25, -0.2) is 4.39 Å². The molecule has 0 unspecified atom stereocenters. The monoisotopic (exact) mass is 231 g/mol. The fourth-order valence-corrected chi connectivity index (χ4v) is 1.41. The number of hydrogen-bond acceptors (Lipinski definition) is 2. The molecule has 0 atom stereocenters. The highest BCUT2D eigenvalue weighted by Gasteiger charge is 2.10. The highest BCUT2D eigenvalue weighted by Crippen LogP contribution is 2.22. The van der Waals surface area contributed by atoms with E-state index in [1.807, 2.05) is 0 Å². The Balaban J connectivity index is 2.63. The molecule has 0 aliphatic heterocycles. The second kappa shape index (κ2) is 3.55. The van der Waals surface area contributed by atoms with Crippen molar-refractivity contribution in [2.45, 2.75) is 0 Å². The molecule has 1 heterocycles. The van der Waals surface area contributed by atoms with E-state index in [-0.39, 0.29) is 16.0 Å². The molecule has 72 valence electrons. The normalized spacial score (nSPS) is 10.5. The predicted octanol–water partition coefficient (Wildman–Crippen LogP) is 2.71. The summed E-state index contributed by atoms with van der Waals surface area (Å²) in [5.41, 5.74) is 0.229. The molecule has 6 heteroatoms. The quantitative estimate of drug-likeness (QED) is 0.756. The van der Waals surface area contributed by atoms with Crippen LogP contribution >= 0.6 is 23.2 Å². The first-order valence-corrected chi connectivity index (χ1v) is 4.45. The summed E-state index contributed by atoms with van der Waals surface area (Å²) in [7, 11) is 0. The molecule has 0 radical (unpaired) electrons. The fourth-order valence-electron chi connectivity index (χ4n) is 1.06. The molecule has 2 rings (SSSR count). The molecule has 0 aliphatic rings. The average molecular weight is 232 g/mol. The number of hydrogen-bond donors (Lipinski definition) is 0. The van der Waals surface area contributed by atoms with Crippen molar-refractivity contribution in [3.05, 3.63) is 40.6 Å². The zero-order valence-electron chi connectivity index (χ0n) is 6.78. The standard InChI is InChI=1S/C8H4Cl2FN3/c9-5-2-1-3-6(7(5)11)14-4-12-13-8(14)10/h1-4H. The molecular formula is C8H4Cl2FN3. The molecule has 14 heavy (non-hydrogen) atoms. The van der Waals surface area contributed by atoms with Crippen molar-refractivity contribution in [1.29, 1.82) is 0 Å². The molecule has 0 amide bonds. The lowest BCUT2D eigenvalue weighted by atomic mass is 10.3. The van der Waals surface area contributed by atoms with E-state index in [0.29, 0.717) is 0 Å². The van der Waals surface area contributed by atoms with Crippen LogP contribution < -0.4 is 0 Å². The summed E-state index contributed by atoms with van der Waals surface area (Å²) in [6.07, 6.45) is 1.32. The van der Waals surface area contributed by atoms with E-state index in [1.54, 1.807) is 6.07 Å². The van der Waals surface area contributed by atoms with Gasteiger partial charge in [0.15, 0.2) is 5.82 Å². The smallest absolute Gasteiger partial charge is 0.229 e. The van der Waals surface area contributed by atoms with Crippen molar-refractivity contribution in [2.75, 3.05) is 0 Å². The van der Waals surface area contributed by atoms with Crippen molar-refractivity contribution in [3.8, 4) is 5.69 Å². The van der Waals surface area contributed by atoms with Crippen molar-refractivity contribution in [3.63, 3.8) is 0 Å². The van der Waals surface area contributed by atoms with E-state index in [0.717, 1.165) is 0 Å². The Bertz CT molecular complexity index is 469. The van der Waals surface area contributed by atoms with Crippen LogP contribution in [0.2, 0.25) is 10.3 Å². The SMILES string of the molecule is Fc1c(Cl)cccc1-n1cnnc1Cl. The first kappa shape index (κ1) is 9.43. The molecule has 0 N–H and O–H groups in total. The highest BCUT2D eigenvalue weighted by molar-refractivity contribution is 6.31. The van der Waals surface area contributed by atoms with Gasteiger partial charge in [0.05, 0.1) is 10.7 Å². The first-order valence-electron chi connectivity index (χ1n) is 3.70. The lowest BCUT2D eigenvalue weighted by Crippen LogP contribution is -1.96. The van der Waals surface area contributed by atoms with Gasteiger partial charge in [0, 0.05) is 0 Å². The minimum Gasteiger partial charge on any atom is -0.269 e. The molecular weight excluding hydrogens is 228 g/mol. The Morgan fingerprint density at radius 1 is 1.29 bits per heavy atom. The van der Waals surface area contributed by atoms with Crippen LogP contribution in [0.15, 0.2) is 24.5 Å². The van der Waals surface area contributed by atoms with Gasteiger partial charge < -0.3 is 0 Å². The van der Waals surface area contributed by atoms with Gasteiger partial charge in [-0.2, -0.15) is 0 Å². The minimum absolute atomic E-state index is 0.0345. The van der Waals surface area contributed by atoms with Crippen LogP contribution in [0.4, 0.5) is 4.39 Å². The molecule has 0 fully saturated rings. The van der Waals surface area contributed by atoms with Crippen LogP contribution in [0, 0.1) is 5.82 Å². The van der Waals surface area contributed by atoms with E-state index < -0.39 is 5.82 Å². The predicted molar refractivity (Wildman–Crippen MR) is 51.3 cm³/mol. The Morgan fingerprint density at radius 3 is 2.71 bits per heavy atom. The van der Waals surface area contributed by atoms with Crippen LogP contribution in [0.25, 0.3) is 5.69 Å². The summed E-state index contributed by atoms with van der Waals surface area (Å²) in [5.74, 6) is -0.545. The summed E-state index contributed by atoms with van der Waals surface area (Å²) in [4.78, 5) is 0. The van der Waals surface area contributed by atoms with E-state index in [2.05, 4.69) is 10.2 Å². The van der Waals surface area contributed by atoms with Gasteiger partial charge in [-0.05, 0) is 23.7 Å². The summed E-state index contributed by atoms with van der Waals surface area (Å²) in [6, 6.07) is 4.62. The Labute approximate surface area is 89.1 Å². The van der Waals surface area contributed by atoms with Crippen molar-refractivity contribution in [1.82, 2.24) is 14.8 Å². The number of aromatic nitrogens is 3. The topological polar surface area (TPSA) is 30.7 Å². The zero-order chi connectivity index (χ0) is 10.1. The third-order valence-electron chi connectivity index (χ3n) is 1.70. The molecule has 0 bridgehead atoms. The minimum atomic E-state index is -0.545. The number of benzene rings is 1. The lowest BCUT2D eigenvalue weighted by molar-refractivity contribution is 0.618. The maximum atomic E-state index is 13.5. The van der Waals surface area contributed by atoms with Gasteiger partial charge in [0.1, 0.15) is 6.33 Å². The Kier molecular flexibility index (Phi) is 2.39. The molecule has 1 aromatic heterocycles. The molecule has 3 nitrogen and oxygen atoms in total. The van der Waals surface area contributed by atoms with Crippen LogP contribution in [0.1, 0.15) is 0 Å². The molecule has 0 aliphatic carbocycles. The lowest BCUT2D eigenvalue weighted by Gasteiger charge is -2.04. The van der Waals surface area contributed by atoms with Gasteiger partial charge in [0.25, 0.3) is 0 Å². The average Bonchev–Trinajstić information content (AvgIpc) is 2.57. The number of nitrogens with zero attached hydrogens (tertiary/aromatic N) is 3. The summed E-state index contributed by atoms with van der Waals surface area (Å²) >= 11 is 11.3. The molecule has 0 saturated heterocycles. The summed E-state index contributed by atoms with van der Waals surface area (Å²) in [5, 5.41) is 7.20. The molecule has 0 saturated carbocycles.